The van der Waals surface area contributed by atoms with Crippen molar-refractivity contribution in [1.29, 1.82) is 0 Å². The van der Waals surface area contributed by atoms with E-state index < -0.39 is 51.0 Å². The molecule has 2 aliphatic rings. The van der Waals surface area contributed by atoms with Crippen LogP contribution in [0.25, 0.3) is 0 Å². The van der Waals surface area contributed by atoms with Gasteiger partial charge in [-0.1, -0.05) is 327 Å². The smallest absolute Gasteiger partial charge is 0.118 e. The van der Waals surface area contributed by atoms with Crippen LogP contribution in [0.1, 0.15) is 453 Å². The number of halogens is 9. The third kappa shape index (κ3) is 38.8. The zero-order chi connectivity index (χ0) is 85.7. The molecule has 3 unspecified atom stereocenters. The summed E-state index contributed by atoms with van der Waals surface area (Å²) < 4.78 is 126. The van der Waals surface area contributed by atoms with Crippen molar-refractivity contribution in [1.82, 2.24) is 0 Å². The summed E-state index contributed by atoms with van der Waals surface area (Å²) in [7, 11) is 0. The van der Waals surface area contributed by atoms with E-state index in [1.807, 2.05) is 90.0 Å². The van der Waals surface area contributed by atoms with Gasteiger partial charge in [0.25, 0.3) is 0 Å². The van der Waals surface area contributed by atoms with Gasteiger partial charge in [0.15, 0.2) is 0 Å². The molecule has 0 saturated heterocycles. The average molecular weight is 1520 g/mol. The Morgan fingerprint density at radius 2 is 0.438 bits per heavy atom. The van der Waals surface area contributed by atoms with Gasteiger partial charge in [0.1, 0.15) is 51.0 Å². The molecule has 2 saturated carbocycles. The lowest BCUT2D eigenvalue weighted by atomic mass is 9.57. The van der Waals surface area contributed by atoms with E-state index in [2.05, 4.69) is 180 Å². The maximum Gasteiger partial charge on any atom is 0.118 e. The second-order valence-corrected chi connectivity index (χ2v) is 39.6. The van der Waals surface area contributed by atoms with Gasteiger partial charge in [-0.15, -0.1) is 0 Å². The molecule has 0 aromatic carbocycles. The molecule has 9 heteroatoms. The standard InChI is InChI=1S/C16H33F.C14H29F.2C12H25F.C11H23F.C10H21F.C8H17F.C7H13F.C6H11F/c1-10(2)14(11(3)4)16(9,17)15(12(5)6)13(7)8;1-8-12(5,9-2)14(7,15)13(6,10-3)11-4;1-8(2)11(9(3)4)12(7,13)10(5)6;1-6-10(7-2)12(5,13)11(8-3)9-4;1-7-10(5,8-2)11(6,12)9(3)4;1-6-9(7-2)10(5,11)8(3)4;1-6(2)8(5,9)7(3)4;1-7(8)5-3-2-4-6-7;1-6(7)4-2-3-5-6/h10-15H,1-9H3;8-11H2,1-7H3;8-11H,1-7H3;10-11H,6-9H2,1-5H3;9H,7-8H2,1-6H3;8-9H,6-7H2,1-5H3;6-7H,1-5H3;2-6H2,1H3;2-5H2,1H3. The Morgan fingerprint density at radius 1 is 0.248 bits per heavy atom. The largest absolute Gasteiger partial charge is 0.244 e. The molecule has 644 valence electrons. The van der Waals surface area contributed by atoms with Crippen LogP contribution >= 0.6 is 0 Å². The van der Waals surface area contributed by atoms with Crippen LogP contribution in [0.3, 0.4) is 0 Å². The molecule has 2 fully saturated rings. The second kappa shape index (κ2) is 52.7. The molecule has 0 N–H and O–H groups in total. The van der Waals surface area contributed by atoms with E-state index >= 15 is 8.78 Å². The Balaban J connectivity index is -0.000000208. The molecule has 0 heterocycles. The van der Waals surface area contributed by atoms with Gasteiger partial charge in [0, 0.05) is 16.2 Å². The Hall–Kier alpha value is -0.630. The first kappa shape index (κ1) is 118. The summed E-state index contributed by atoms with van der Waals surface area (Å²) in [6.07, 6.45) is 19.9. The summed E-state index contributed by atoms with van der Waals surface area (Å²) in [5.74, 6) is 4.10. The zero-order valence-corrected chi connectivity index (χ0v) is 80.1. The molecule has 0 spiro atoms. The van der Waals surface area contributed by atoms with Crippen LogP contribution in [0, 0.1) is 117 Å². The molecule has 0 aromatic rings. The summed E-state index contributed by atoms with van der Waals surface area (Å²) >= 11 is 0. The number of rotatable bonds is 32. The first-order chi connectivity index (χ1) is 47.1. The van der Waals surface area contributed by atoms with Crippen LogP contribution in [-0.4, -0.2) is 51.0 Å². The number of alkyl halides is 9. The normalized spacial score (nSPS) is 17.1. The highest BCUT2D eigenvalue weighted by Gasteiger charge is 2.54. The maximum atomic E-state index is 15.4. The van der Waals surface area contributed by atoms with Gasteiger partial charge in [-0.25, -0.2) is 39.5 Å². The highest BCUT2D eigenvalue weighted by molar-refractivity contribution is 5.03. The molecule has 0 bridgehead atoms. The minimum atomic E-state index is -1.09. The van der Waals surface area contributed by atoms with Gasteiger partial charge < -0.3 is 0 Å². The van der Waals surface area contributed by atoms with Crippen LogP contribution < -0.4 is 0 Å². The Kier molecular flexibility index (Phi) is 59.0. The lowest BCUT2D eigenvalue weighted by Crippen LogP contribution is -2.51. The van der Waals surface area contributed by atoms with Crippen LogP contribution in [0.15, 0.2) is 0 Å². The average Bonchev–Trinajstić information content (AvgIpc) is 0.796. The molecule has 0 amide bonds. The second-order valence-electron chi connectivity index (χ2n) is 39.6. The SMILES string of the molecule is CC(C)C(C(C)C)C(C)(F)C(C(C)C)C(C)C.CC(C)C(C(C)C)C(C)(F)C(C)C.CC(C)C(C)(F)C(C)C.CC1(F)CCCC1.CC1(F)CCCCC1.CCC(C)(CC)C(C)(F)C(C)(CC)CC.CCC(C)(CC)C(C)(F)C(C)C.CCC(CC)C(C)(F)C(C)C.CCC(CC)C(C)(F)C(CC)CC. The first-order valence-corrected chi connectivity index (χ1v) is 44.3. The fourth-order valence-electron chi connectivity index (χ4n) is 18.2. The van der Waals surface area contributed by atoms with Gasteiger partial charge in [-0.05, 0) is 227 Å². The quantitative estimate of drug-likeness (QED) is 0.0589. The molecule has 3 atom stereocenters. The van der Waals surface area contributed by atoms with E-state index in [0.29, 0.717) is 35.5 Å². The van der Waals surface area contributed by atoms with Crippen molar-refractivity contribution < 1.29 is 39.5 Å². The molecule has 0 nitrogen and oxygen atoms in total. The predicted octanol–water partition coefficient (Wildman–Crippen LogP) is 35.8. The molecule has 105 heavy (non-hydrogen) atoms. The molecule has 2 aliphatic carbocycles. The zero-order valence-electron chi connectivity index (χ0n) is 80.1. The van der Waals surface area contributed by atoms with Crippen molar-refractivity contribution in [3.05, 3.63) is 0 Å². The third-order valence-corrected chi connectivity index (χ3v) is 28.9. The fourth-order valence-corrected chi connectivity index (χ4v) is 18.2. The van der Waals surface area contributed by atoms with Gasteiger partial charge in [-0.3, -0.25) is 0 Å². The number of hydrogen-bond acceptors (Lipinski definition) is 0. The van der Waals surface area contributed by atoms with E-state index in [4.69, 9.17) is 0 Å². The molecule has 2 rings (SSSR count). The summed E-state index contributed by atoms with van der Waals surface area (Å²) in [6, 6.07) is 0. The van der Waals surface area contributed by atoms with Crippen molar-refractivity contribution >= 4 is 0 Å². The van der Waals surface area contributed by atoms with Crippen molar-refractivity contribution in [3.63, 3.8) is 0 Å². The summed E-state index contributed by atoms with van der Waals surface area (Å²) in [6.45, 7) is 92.2. The van der Waals surface area contributed by atoms with E-state index in [-0.39, 0.29) is 81.3 Å². The van der Waals surface area contributed by atoms with Gasteiger partial charge in [0.2, 0.25) is 0 Å². The minimum absolute atomic E-state index is 0.0994. The van der Waals surface area contributed by atoms with Crippen molar-refractivity contribution in [2.75, 3.05) is 0 Å². The summed E-state index contributed by atoms with van der Waals surface area (Å²) in [5.41, 5.74) is -9.39. The fraction of sp³-hybridized carbons (Fsp3) is 1.00. The van der Waals surface area contributed by atoms with E-state index in [1.165, 1.54) is 6.42 Å². The van der Waals surface area contributed by atoms with Crippen molar-refractivity contribution in [2.24, 2.45) is 117 Å². The molecular weight excluding hydrogens is 1320 g/mol. The van der Waals surface area contributed by atoms with Crippen LogP contribution in [0.5, 0.6) is 0 Å². The number of hydrogen-bond donors (Lipinski definition) is 0. The predicted molar refractivity (Wildman–Crippen MR) is 459 cm³/mol. The molecule has 0 aliphatic heterocycles. The van der Waals surface area contributed by atoms with Crippen LogP contribution in [0.4, 0.5) is 39.5 Å². The monoisotopic (exact) mass is 1520 g/mol. The minimum Gasteiger partial charge on any atom is -0.244 e. The van der Waals surface area contributed by atoms with Crippen LogP contribution in [-0.2, 0) is 0 Å². The van der Waals surface area contributed by atoms with E-state index in [9.17, 15) is 30.7 Å². The Labute approximate surface area is 657 Å². The van der Waals surface area contributed by atoms with Gasteiger partial charge in [0.05, 0.1) is 0 Å². The summed E-state index contributed by atoms with van der Waals surface area (Å²) in [5, 5.41) is 0. The van der Waals surface area contributed by atoms with Gasteiger partial charge >= 0.3 is 0 Å². The lowest BCUT2D eigenvalue weighted by Gasteiger charge is -2.51. The molecule has 0 aromatic heterocycles. The maximum absolute atomic E-state index is 15.4. The summed E-state index contributed by atoms with van der Waals surface area (Å²) in [4.78, 5) is 0. The van der Waals surface area contributed by atoms with Crippen LogP contribution in [0.2, 0.25) is 0 Å². The first-order valence-electron chi connectivity index (χ1n) is 44.3. The Bertz CT molecular complexity index is 1910. The molecular formula is C96H197F9. The Morgan fingerprint density at radius 3 is 0.552 bits per heavy atom. The molecule has 0 radical (unpaired) electrons. The lowest BCUT2D eigenvalue weighted by molar-refractivity contribution is -0.0946. The van der Waals surface area contributed by atoms with E-state index in [1.54, 1.807) is 48.5 Å². The van der Waals surface area contributed by atoms with Crippen molar-refractivity contribution in [2.45, 2.75) is 504 Å². The van der Waals surface area contributed by atoms with Gasteiger partial charge in [-0.2, -0.15) is 0 Å². The van der Waals surface area contributed by atoms with Crippen molar-refractivity contribution in [3.8, 4) is 0 Å². The highest BCUT2D eigenvalue weighted by Crippen LogP contribution is 2.55. The third-order valence-electron chi connectivity index (χ3n) is 28.9. The topological polar surface area (TPSA) is 0 Å². The highest BCUT2D eigenvalue weighted by atomic mass is 19.2. The van der Waals surface area contributed by atoms with E-state index in [0.717, 1.165) is 128 Å².